The number of nitrogens with zero attached hydrogens (tertiary/aromatic N) is 2. The van der Waals surface area contributed by atoms with E-state index in [4.69, 9.17) is 9.47 Å². The van der Waals surface area contributed by atoms with Crippen LogP contribution in [0.1, 0.15) is 16.8 Å². The number of benzene rings is 1. The molecule has 1 aromatic heterocycles. The fourth-order valence-corrected chi connectivity index (χ4v) is 3.56. The van der Waals surface area contributed by atoms with Crippen LogP contribution in [-0.2, 0) is 29.3 Å². The van der Waals surface area contributed by atoms with Crippen molar-refractivity contribution in [3.05, 3.63) is 45.4 Å². The second kappa shape index (κ2) is 7.08. The Bertz CT molecular complexity index is 984. The minimum Gasteiger partial charge on any atom is -0.497 e. The first kappa shape index (κ1) is 18.4. The molecule has 1 aliphatic rings. The number of H-pyrrole nitrogens is 1. The number of aromatic nitrogens is 2. The molecule has 1 aliphatic heterocycles. The highest BCUT2D eigenvalue weighted by atomic mass is 32.2. The normalized spacial score (nSPS) is 14.7. The van der Waals surface area contributed by atoms with Gasteiger partial charge in [0.05, 0.1) is 19.9 Å². The van der Waals surface area contributed by atoms with E-state index in [1.807, 2.05) is 18.2 Å². The number of fused-ring (bicyclic) bond motifs is 1. The summed E-state index contributed by atoms with van der Waals surface area (Å²) in [4.78, 5) is 20.8. The molecule has 3 rings (SSSR count). The lowest BCUT2D eigenvalue weighted by Crippen LogP contribution is -2.35. The maximum atomic E-state index is 12.2. The molecule has 0 radical (unpaired) electrons. The largest absolute Gasteiger partial charge is 0.497 e. The zero-order valence-corrected chi connectivity index (χ0v) is 15.7. The fraction of sp³-hybridized carbons (Fsp3) is 0.412. The van der Waals surface area contributed by atoms with Gasteiger partial charge in [0, 0.05) is 43.1 Å². The van der Waals surface area contributed by atoms with Gasteiger partial charge in [-0.1, -0.05) is 6.07 Å². The van der Waals surface area contributed by atoms with Crippen molar-refractivity contribution in [1.29, 1.82) is 0 Å². The third-order valence-corrected chi connectivity index (χ3v) is 5.27. The van der Waals surface area contributed by atoms with Crippen LogP contribution in [0.3, 0.4) is 0 Å². The number of methoxy groups -OCH3 is 2. The molecule has 0 bridgehead atoms. The average Bonchev–Trinajstić information content (AvgIpc) is 2.61. The molecular weight excluding hydrogens is 358 g/mol. The summed E-state index contributed by atoms with van der Waals surface area (Å²) in [5, 5.41) is -0.287. The molecule has 0 fully saturated rings. The van der Waals surface area contributed by atoms with Crippen LogP contribution in [0.15, 0.2) is 28.2 Å². The molecule has 0 unspecified atom stereocenters. The molecule has 0 saturated heterocycles. The van der Waals surface area contributed by atoms with E-state index < -0.39 is 9.84 Å². The predicted octanol–water partition coefficient (Wildman–Crippen LogP) is 0.749. The van der Waals surface area contributed by atoms with Crippen molar-refractivity contribution >= 4 is 9.84 Å². The van der Waals surface area contributed by atoms with Gasteiger partial charge < -0.3 is 9.47 Å². The van der Waals surface area contributed by atoms with Crippen molar-refractivity contribution in [3.63, 3.8) is 0 Å². The van der Waals surface area contributed by atoms with Gasteiger partial charge in [-0.15, -0.1) is 0 Å². The van der Waals surface area contributed by atoms with Crippen molar-refractivity contribution < 1.29 is 17.9 Å². The highest BCUT2D eigenvalue weighted by Crippen LogP contribution is 2.27. The lowest BCUT2D eigenvalue weighted by molar-refractivity contribution is 0.235. The maximum Gasteiger partial charge on any atom is 0.255 e. The molecule has 8 nitrogen and oxygen atoms in total. The number of sulfone groups is 1. The van der Waals surface area contributed by atoms with Gasteiger partial charge in [-0.2, -0.15) is 0 Å². The highest BCUT2D eigenvalue weighted by molar-refractivity contribution is 7.90. The topological polar surface area (TPSA) is 102 Å². The molecule has 1 aromatic carbocycles. The van der Waals surface area contributed by atoms with Crippen molar-refractivity contribution in [2.75, 3.05) is 27.0 Å². The molecule has 2 heterocycles. The number of ether oxygens (including phenoxy) is 2. The highest BCUT2D eigenvalue weighted by Gasteiger charge is 2.24. The van der Waals surface area contributed by atoms with Gasteiger partial charge in [-0.25, -0.2) is 13.4 Å². The van der Waals surface area contributed by atoms with Crippen molar-refractivity contribution in [2.24, 2.45) is 0 Å². The van der Waals surface area contributed by atoms with Gasteiger partial charge in [-0.05, 0) is 12.5 Å². The second-order valence-electron chi connectivity index (χ2n) is 6.21. The molecule has 0 spiro atoms. The van der Waals surface area contributed by atoms with Crippen LogP contribution < -0.4 is 15.0 Å². The number of rotatable bonds is 5. The molecular formula is C17H21N3O5S. The van der Waals surface area contributed by atoms with Crippen LogP contribution in [0.2, 0.25) is 0 Å². The molecule has 0 atom stereocenters. The number of hydrogen-bond acceptors (Lipinski definition) is 7. The van der Waals surface area contributed by atoms with Crippen LogP contribution >= 0.6 is 0 Å². The Labute approximate surface area is 151 Å². The first-order valence-electron chi connectivity index (χ1n) is 8.07. The van der Waals surface area contributed by atoms with Gasteiger partial charge in [-0.3, -0.25) is 14.7 Å². The Hall–Kier alpha value is -2.39. The quantitative estimate of drug-likeness (QED) is 0.765. The van der Waals surface area contributed by atoms with E-state index in [1.165, 1.54) is 0 Å². The van der Waals surface area contributed by atoms with Crippen LogP contribution in [0, 0.1) is 0 Å². The Morgan fingerprint density at radius 2 is 2.04 bits per heavy atom. The monoisotopic (exact) mass is 379 g/mol. The second-order valence-corrected chi connectivity index (χ2v) is 8.14. The lowest BCUT2D eigenvalue weighted by Gasteiger charge is -2.28. The molecule has 0 aliphatic carbocycles. The van der Waals surface area contributed by atoms with Gasteiger partial charge >= 0.3 is 0 Å². The predicted molar refractivity (Wildman–Crippen MR) is 95.3 cm³/mol. The van der Waals surface area contributed by atoms with Crippen LogP contribution in [0.4, 0.5) is 0 Å². The van der Waals surface area contributed by atoms with E-state index in [2.05, 4.69) is 14.9 Å². The van der Waals surface area contributed by atoms with Crippen LogP contribution in [-0.4, -0.2) is 50.3 Å². The molecule has 1 N–H and O–H groups in total. The summed E-state index contributed by atoms with van der Waals surface area (Å²) in [6, 6.07) is 5.61. The molecule has 0 saturated carbocycles. The summed E-state index contributed by atoms with van der Waals surface area (Å²) in [6.45, 7) is 1.66. The first-order valence-corrected chi connectivity index (χ1v) is 9.96. The minimum absolute atomic E-state index is 0.287. The zero-order chi connectivity index (χ0) is 18.9. The summed E-state index contributed by atoms with van der Waals surface area (Å²) in [5.74, 6) is 1.42. The summed E-state index contributed by atoms with van der Waals surface area (Å²) >= 11 is 0. The van der Waals surface area contributed by atoms with E-state index in [-0.39, 0.29) is 10.7 Å². The maximum absolute atomic E-state index is 12.2. The van der Waals surface area contributed by atoms with Crippen molar-refractivity contribution in [2.45, 2.75) is 24.7 Å². The fourth-order valence-electron chi connectivity index (χ4n) is 3.00. The lowest BCUT2D eigenvalue weighted by atomic mass is 10.1. The van der Waals surface area contributed by atoms with Gasteiger partial charge in [0.1, 0.15) is 11.5 Å². The molecule has 26 heavy (non-hydrogen) atoms. The van der Waals surface area contributed by atoms with Crippen LogP contribution in [0.25, 0.3) is 0 Å². The van der Waals surface area contributed by atoms with E-state index in [1.54, 1.807) is 14.2 Å². The summed E-state index contributed by atoms with van der Waals surface area (Å²) in [6.07, 6.45) is 1.54. The van der Waals surface area contributed by atoms with Crippen molar-refractivity contribution in [1.82, 2.24) is 14.9 Å². The van der Waals surface area contributed by atoms with Gasteiger partial charge in [0.25, 0.3) is 5.56 Å². The number of nitrogens with one attached hydrogen (secondary N) is 1. The number of hydrogen-bond donors (Lipinski definition) is 1. The Morgan fingerprint density at radius 1 is 1.27 bits per heavy atom. The summed E-state index contributed by atoms with van der Waals surface area (Å²) < 4.78 is 34.1. The van der Waals surface area contributed by atoms with E-state index in [0.29, 0.717) is 48.8 Å². The molecule has 0 amide bonds. The van der Waals surface area contributed by atoms with E-state index >= 15 is 0 Å². The Kier molecular flexibility index (Phi) is 5.01. The van der Waals surface area contributed by atoms with E-state index in [9.17, 15) is 13.2 Å². The molecule has 140 valence electrons. The SMILES string of the molecule is COc1ccc(CN2CCc3c(nc(S(C)(=O)=O)[nH]c3=O)C2)c(OC)c1. The van der Waals surface area contributed by atoms with Crippen LogP contribution in [0.5, 0.6) is 11.5 Å². The summed E-state index contributed by atoms with van der Waals surface area (Å²) in [7, 11) is -0.376. The first-order chi connectivity index (χ1) is 12.3. The third-order valence-electron chi connectivity index (χ3n) is 4.37. The molecule has 2 aromatic rings. The van der Waals surface area contributed by atoms with Gasteiger partial charge in [0.15, 0.2) is 0 Å². The van der Waals surface area contributed by atoms with E-state index in [0.717, 1.165) is 11.8 Å². The minimum atomic E-state index is -3.57. The van der Waals surface area contributed by atoms with Gasteiger partial charge in [0.2, 0.25) is 15.0 Å². The zero-order valence-electron chi connectivity index (χ0n) is 14.9. The Balaban J connectivity index is 1.87. The average molecular weight is 379 g/mol. The summed E-state index contributed by atoms with van der Waals surface area (Å²) in [5.41, 5.74) is 1.66. The van der Waals surface area contributed by atoms with Crippen molar-refractivity contribution in [3.8, 4) is 11.5 Å². The third kappa shape index (κ3) is 3.73. The Morgan fingerprint density at radius 3 is 2.69 bits per heavy atom. The smallest absolute Gasteiger partial charge is 0.255 e. The standard InChI is InChI=1S/C17H21N3O5S/c1-24-12-5-4-11(15(8-12)25-2)9-20-7-6-13-14(10-20)18-17(19-16(13)21)26(3,22)23/h4-5,8H,6-7,9-10H2,1-3H3,(H,18,19,21). The number of aromatic amines is 1. The molecule has 9 heteroatoms.